The maximum Gasteiger partial charge on any atom is 0.306 e. The second-order valence-electron chi connectivity index (χ2n) is 4.60. The van der Waals surface area contributed by atoms with E-state index in [-0.39, 0.29) is 11.8 Å². The lowest BCUT2D eigenvalue weighted by atomic mass is 9.81. The molecule has 0 amide bonds. The first-order valence-corrected chi connectivity index (χ1v) is 6.07. The van der Waals surface area contributed by atoms with Crippen molar-refractivity contribution in [1.82, 2.24) is 0 Å². The van der Waals surface area contributed by atoms with Crippen LogP contribution in [0.3, 0.4) is 0 Å². The Bertz CT molecular complexity index is 203. The third-order valence-corrected chi connectivity index (χ3v) is 3.47. The van der Waals surface area contributed by atoms with Gasteiger partial charge in [-0.1, -0.05) is 32.6 Å². The number of rotatable bonds is 4. The standard InChI is InChI=1S/C12H22O3/c1-2-6-10(12(14)15)9-7-4-3-5-8-11(9)13/h9-11,13H,2-8H2,1H3,(H,14,15). The smallest absolute Gasteiger partial charge is 0.306 e. The van der Waals surface area contributed by atoms with Gasteiger partial charge in [-0.25, -0.2) is 0 Å². The molecule has 15 heavy (non-hydrogen) atoms. The predicted molar refractivity (Wildman–Crippen MR) is 58.6 cm³/mol. The Labute approximate surface area is 91.5 Å². The topological polar surface area (TPSA) is 57.5 Å². The third kappa shape index (κ3) is 3.49. The minimum Gasteiger partial charge on any atom is -0.481 e. The van der Waals surface area contributed by atoms with Crippen molar-refractivity contribution in [2.24, 2.45) is 11.8 Å². The molecule has 1 rings (SSSR count). The molecule has 3 unspecified atom stereocenters. The van der Waals surface area contributed by atoms with Crippen molar-refractivity contribution in [1.29, 1.82) is 0 Å². The van der Waals surface area contributed by atoms with Gasteiger partial charge in [0.25, 0.3) is 0 Å². The third-order valence-electron chi connectivity index (χ3n) is 3.47. The molecule has 3 heteroatoms. The fourth-order valence-corrected chi connectivity index (χ4v) is 2.62. The van der Waals surface area contributed by atoms with Crippen LogP contribution in [-0.4, -0.2) is 22.3 Å². The van der Waals surface area contributed by atoms with Crippen LogP contribution in [0.15, 0.2) is 0 Å². The number of hydrogen-bond donors (Lipinski definition) is 2. The lowest BCUT2D eigenvalue weighted by Gasteiger charge is -2.26. The Hall–Kier alpha value is -0.570. The van der Waals surface area contributed by atoms with Crippen molar-refractivity contribution >= 4 is 5.97 Å². The molecule has 0 aliphatic heterocycles. The monoisotopic (exact) mass is 214 g/mol. The van der Waals surface area contributed by atoms with E-state index in [1.165, 1.54) is 0 Å². The molecule has 1 fully saturated rings. The van der Waals surface area contributed by atoms with Crippen LogP contribution in [0, 0.1) is 11.8 Å². The van der Waals surface area contributed by atoms with Gasteiger partial charge in [-0.15, -0.1) is 0 Å². The van der Waals surface area contributed by atoms with Crippen LogP contribution in [0.2, 0.25) is 0 Å². The first-order valence-electron chi connectivity index (χ1n) is 6.07. The van der Waals surface area contributed by atoms with Gasteiger partial charge in [0.1, 0.15) is 0 Å². The fourth-order valence-electron chi connectivity index (χ4n) is 2.62. The van der Waals surface area contributed by atoms with E-state index in [9.17, 15) is 9.90 Å². The zero-order valence-corrected chi connectivity index (χ0v) is 9.48. The van der Waals surface area contributed by atoms with Gasteiger partial charge < -0.3 is 10.2 Å². The van der Waals surface area contributed by atoms with Gasteiger partial charge >= 0.3 is 5.97 Å². The molecule has 2 N–H and O–H groups in total. The van der Waals surface area contributed by atoms with Crippen molar-refractivity contribution in [2.75, 3.05) is 0 Å². The van der Waals surface area contributed by atoms with Crippen LogP contribution in [0.5, 0.6) is 0 Å². The number of carbonyl (C=O) groups is 1. The Morgan fingerprint density at radius 2 is 2.00 bits per heavy atom. The minimum absolute atomic E-state index is 0.0232. The molecule has 0 bridgehead atoms. The lowest BCUT2D eigenvalue weighted by molar-refractivity contribution is -0.146. The van der Waals surface area contributed by atoms with E-state index in [0.717, 1.165) is 38.5 Å². The fraction of sp³-hybridized carbons (Fsp3) is 0.917. The van der Waals surface area contributed by atoms with Gasteiger partial charge in [0.15, 0.2) is 0 Å². The number of aliphatic carboxylic acids is 1. The Morgan fingerprint density at radius 3 is 2.60 bits per heavy atom. The van der Waals surface area contributed by atoms with Gasteiger partial charge in [0.05, 0.1) is 12.0 Å². The minimum atomic E-state index is -0.734. The van der Waals surface area contributed by atoms with E-state index in [0.29, 0.717) is 6.42 Å². The SMILES string of the molecule is CCCC(C(=O)O)C1CCCCCC1O. The highest BCUT2D eigenvalue weighted by atomic mass is 16.4. The summed E-state index contributed by atoms with van der Waals surface area (Å²) in [6.45, 7) is 2.00. The summed E-state index contributed by atoms with van der Waals surface area (Å²) in [6.07, 6.45) is 6.05. The van der Waals surface area contributed by atoms with E-state index in [1.807, 2.05) is 6.92 Å². The lowest BCUT2D eigenvalue weighted by Crippen LogP contribution is -2.32. The van der Waals surface area contributed by atoms with Gasteiger partial charge in [0, 0.05) is 0 Å². The summed E-state index contributed by atoms with van der Waals surface area (Å²) in [6, 6.07) is 0. The molecule has 3 nitrogen and oxygen atoms in total. The van der Waals surface area contributed by atoms with Crippen molar-refractivity contribution in [3.8, 4) is 0 Å². The van der Waals surface area contributed by atoms with E-state index in [1.54, 1.807) is 0 Å². The maximum absolute atomic E-state index is 11.1. The molecule has 0 heterocycles. The highest BCUT2D eigenvalue weighted by molar-refractivity contribution is 5.70. The molecule has 0 aromatic carbocycles. The van der Waals surface area contributed by atoms with Gasteiger partial charge in [-0.2, -0.15) is 0 Å². The first-order chi connectivity index (χ1) is 7.16. The normalized spacial score (nSPS) is 29.5. The van der Waals surface area contributed by atoms with Crippen LogP contribution in [0.25, 0.3) is 0 Å². The molecule has 0 radical (unpaired) electrons. The van der Waals surface area contributed by atoms with E-state index >= 15 is 0 Å². The van der Waals surface area contributed by atoms with Crippen LogP contribution >= 0.6 is 0 Å². The number of hydrogen-bond acceptors (Lipinski definition) is 2. The first kappa shape index (κ1) is 12.5. The molecule has 0 saturated heterocycles. The summed E-state index contributed by atoms with van der Waals surface area (Å²) in [5, 5.41) is 19.1. The molecule has 1 aliphatic carbocycles. The Kier molecular flexibility index (Phi) is 5.09. The van der Waals surface area contributed by atoms with E-state index in [2.05, 4.69) is 0 Å². The molecule has 0 aromatic rings. The number of aliphatic hydroxyl groups excluding tert-OH is 1. The summed E-state index contributed by atoms with van der Waals surface area (Å²) in [4.78, 5) is 11.1. The van der Waals surface area contributed by atoms with Gasteiger partial charge in [-0.3, -0.25) is 4.79 Å². The van der Waals surface area contributed by atoms with Crippen LogP contribution in [0.1, 0.15) is 51.9 Å². The highest BCUT2D eigenvalue weighted by Crippen LogP contribution is 2.32. The van der Waals surface area contributed by atoms with Crippen molar-refractivity contribution in [3.05, 3.63) is 0 Å². The molecule has 0 spiro atoms. The Morgan fingerprint density at radius 1 is 1.33 bits per heavy atom. The quantitative estimate of drug-likeness (QED) is 0.707. The summed E-state index contributed by atoms with van der Waals surface area (Å²) in [5.74, 6) is -1.10. The molecular weight excluding hydrogens is 192 g/mol. The van der Waals surface area contributed by atoms with Crippen LogP contribution in [0.4, 0.5) is 0 Å². The highest BCUT2D eigenvalue weighted by Gasteiger charge is 2.33. The molecular formula is C12H22O3. The van der Waals surface area contributed by atoms with Crippen molar-refractivity contribution < 1.29 is 15.0 Å². The zero-order chi connectivity index (χ0) is 11.3. The summed E-state index contributed by atoms with van der Waals surface area (Å²) in [5.41, 5.74) is 0. The van der Waals surface area contributed by atoms with Crippen LogP contribution < -0.4 is 0 Å². The molecule has 3 atom stereocenters. The predicted octanol–water partition coefficient (Wildman–Crippen LogP) is 2.43. The maximum atomic E-state index is 11.1. The Balaban J connectivity index is 2.65. The number of aliphatic hydroxyl groups is 1. The second-order valence-corrected chi connectivity index (χ2v) is 4.60. The second kappa shape index (κ2) is 6.11. The largest absolute Gasteiger partial charge is 0.481 e. The summed E-state index contributed by atoms with van der Waals surface area (Å²) >= 11 is 0. The van der Waals surface area contributed by atoms with Gasteiger partial charge in [-0.05, 0) is 25.2 Å². The summed E-state index contributed by atoms with van der Waals surface area (Å²) in [7, 11) is 0. The van der Waals surface area contributed by atoms with Crippen LogP contribution in [-0.2, 0) is 4.79 Å². The van der Waals surface area contributed by atoms with Crippen molar-refractivity contribution in [3.63, 3.8) is 0 Å². The zero-order valence-electron chi connectivity index (χ0n) is 9.48. The summed E-state index contributed by atoms with van der Waals surface area (Å²) < 4.78 is 0. The van der Waals surface area contributed by atoms with Gasteiger partial charge in [0.2, 0.25) is 0 Å². The molecule has 1 aliphatic rings. The van der Waals surface area contributed by atoms with Crippen molar-refractivity contribution in [2.45, 2.75) is 58.0 Å². The number of carboxylic acids is 1. The molecule has 0 aromatic heterocycles. The molecule has 88 valence electrons. The average Bonchev–Trinajstić information content (AvgIpc) is 2.39. The number of carboxylic acid groups (broad SMARTS) is 1. The van der Waals surface area contributed by atoms with E-state index in [4.69, 9.17) is 5.11 Å². The average molecular weight is 214 g/mol. The van der Waals surface area contributed by atoms with E-state index < -0.39 is 12.1 Å². The molecule has 1 saturated carbocycles.